The minimum atomic E-state index is -3.78. The molecular weight excluding hydrogens is 362 g/mol. The zero-order valence-corrected chi connectivity index (χ0v) is 15.4. The number of hydrogen-bond donors (Lipinski definition) is 1. The second-order valence-electron chi connectivity index (χ2n) is 5.35. The van der Waals surface area contributed by atoms with Crippen molar-refractivity contribution in [2.75, 3.05) is 33.1 Å². The summed E-state index contributed by atoms with van der Waals surface area (Å²) in [6, 6.07) is 8.40. The maximum absolute atomic E-state index is 12.4. The van der Waals surface area contributed by atoms with Crippen LogP contribution in [0.25, 0.3) is 0 Å². The molecule has 0 aliphatic heterocycles. The second kappa shape index (κ2) is 10.4. The molecule has 0 aliphatic carbocycles. The van der Waals surface area contributed by atoms with Crippen LogP contribution in [0.4, 0.5) is 4.79 Å². The van der Waals surface area contributed by atoms with Crippen LogP contribution in [0.3, 0.4) is 0 Å². The van der Waals surface area contributed by atoms with Gasteiger partial charge in [0, 0.05) is 20.7 Å². The van der Waals surface area contributed by atoms with E-state index >= 15 is 0 Å². The Hall–Kier alpha value is -2.64. The first-order valence-electron chi connectivity index (χ1n) is 7.64. The molecule has 0 fully saturated rings. The van der Waals surface area contributed by atoms with Gasteiger partial charge in [0.2, 0.25) is 0 Å². The fourth-order valence-electron chi connectivity index (χ4n) is 1.96. The average Bonchev–Trinajstić information content (AvgIpc) is 2.60. The summed E-state index contributed by atoms with van der Waals surface area (Å²) in [5.41, 5.74) is 0.539. The fourth-order valence-corrected chi connectivity index (χ4v) is 3.45. The minimum Gasteiger partial charge on any atom is -0.435 e. The second-order valence-corrected chi connectivity index (χ2v) is 7.46. The van der Waals surface area contributed by atoms with Crippen LogP contribution in [-0.2, 0) is 29.9 Å². The normalized spacial score (nSPS) is 11.9. The molecule has 0 spiro atoms. The quantitative estimate of drug-likeness (QED) is 0.369. The molecule has 0 aliphatic rings. The molecule has 9 nitrogen and oxygen atoms in total. The lowest BCUT2D eigenvalue weighted by atomic mass is 10.2. The van der Waals surface area contributed by atoms with Gasteiger partial charge in [-0.15, -0.1) is 0 Å². The van der Waals surface area contributed by atoms with E-state index in [1.807, 2.05) is 0 Å². The first-order chi connectivity index (χ1) is 12.3. The van der Waals surface area contributed by atoms with Gasteiger partial charge in [-0.3, -0.25) is 4.79 Å². The van der Waals surface area contributed by atoms with E-state index in [4.69, 9.17) is 14.7 Å². The van der Waals surface area contributed by atoms with Crippen LogP contribution in [0.5, 0.6) is 0 Å². The molecule has 0 saturated carbocycles. The molecule has 10 heteroatoms. The zero-order valence-electron chi connectivity index (χ0n) is 14.5. The van der Waals surface area contributed by atoms with Gasteiger partial charge in [0.1, 0.15) is 0 Å². The van der Waals surface area contributed by atoms with Crippen molar-refractivity contribution < 1.29 is 27.5 Å². The number of carbonyl (C=O) groups excluding carboxylic acids is 2. The highest BCUT2D eigenvalue weighted by Gasteiger charge is 2.31. The Bertz CT molecular complexity index is 745. The van der Waals surface area contributed by atoms with Crippen molar-refractivity contribution in [3.63, 3.8) is 0 Å². The first-order valence-corrected chi connectivity index (χ1v) is 9.46. The summed E-state index contributed by atoms with van der Waals surface area (Å²) in [6.45, 7) is 0.346. The molecular formula is C16H21N3O6S. The number of sulfone groups is 1. The summed E-state index contributed by atoms with van der Waals surface area (Å²) in [5.74, 6) is -1.97. The lowest BCUT2D eigenvalue weighted by Gasteiger charge is -2.19. The Morgan fingerprint density at radius 2 is 1.96 bits per heavy atom. The number of nitriles is 1. The van der Waals surface area contributed by atoms with Crippen LogP contribution in [0.2, 0.25) is 0 Å². The molecule has 0 aromatic heterocycles. The van der Waals surface area contributed by atoms with Crippen molar-refractivity contribution in [1.29, 1.82) is 5.26 Å². The van der Waals surface area contributed by atoms with Crippen molar-refractivity contribution in [3.8, 4) is 6.19 Å². The Kier molecular flexibility index (Phi) is 8.54. The molecule has 2 amide bonds. The lowest BCUT2D eigenvalue weighted by Crippen LogP contribution is -2.43. The summed E-state index contributed by atoms with van der Waals surface area (Å²) in [5, 5.41) is 11.2. The highest BCUT2D eigenvalue weighted by atomic mass is 32.2. The number of likely N-dealkylation sites (N-methyl/N-ethyl adjacent to an activating group) is 1. The SMILES string of the molecule is COCCNC(=O)O[C@@H](CS(=O)(=O)Cc1ccccc1)C(=O)N(C)C#N. The van der Waals surface area contributed by atoms with Crippen LogP contribution >= 0.6 is 0 Å². The van der Waals surface area contributed by atoms with Crippen LogP contribution in [0, 0.1) is 11.5 Å². The molecule has 0 bridgehead atoms. The van der Waals surface area contributed by atoms with Gasteiger partial charge >= 0.3 is 6.09 Å². The standard InChI is InChI=1S/C16H21N3O6S/c1-19(12-17)15(20)14(25-16(21)18-8-9-24-2)11-26(22,23)10-13-6-4-3-5-7-13/h3-7,14H,8-11H2,1-2H3,(H,18,21)/t14-/m0/s1. The van der Waals surface area contributed by atoms with E-state index in [1.165, 1.54) is 7.11 Å². The molecule has 0 unspecified atom stereocenters. The number of benzene rings is 1. The third kappa shape index (κ3) is 7.50. The van der Waals surface area contributed by atoms with Crippen molar-refractivity contribution in [2.45, 2.75) is 11.9 Å². The van der Waals surface area contributed by atoms with Crippen LogP contribution in [-0.4, -0.2) is 64.5 Å². The van der Waals surface area contributed by atoms with Crippen LogP contribution < -0.4 is 5.32 Å². The summed E-state index contributed by atoms with van der Waals surface area (Å²) < 4.78 is 34.5. The minimum absolute atomic E-state index is 0.126. The van der Waals surface area contributed by atoms with Gasteiger partial charge in [-0.05, 0) is 5.56 Å². The van der Waals surface area contributed by atoms with E-state index in [0.29, 0.717) is 10.5 Å². The van der Waals surface area contributed by atoms with Gasteiger partial charge in [0.05, 0.1) is 18.1 Å². The Morgan fingerprint density at radius 1 is 1.31 bits per heavy atom. The van der Waals surface area contributed by atoms with E-state index in [1.54, 1.807) is 36.5 Å². The predicted molar refractivity (Wildman–Crippen MR) is 92.5 cm³/mol. The molecule has 1 atom stereocenters. The number of methoxy groups -OCH3 is 1. The maximum Gasteiger partial charge on any atom is 0.408 e. The predicted octanol–water partition coefficient (Wildman–Crippen LogP) is 0.282. The molecule has 26 heavy (non-hydrogen) atoms. The van der Waals surface area contributed by atoms with E-state index in [9.17, 15) is 18.0 Å². The molecule has 0 saturated heterocycles. The summed E-state index contributed by atoms with van der Waals surface area (Å²) in [6.07, 6.45) is -1.04. The maximum atomic E-state index is 12.4. The number of alkyl carbamates (subject to hydrolysis) is 1. The Balaban J connectivity index is 2.85. The number of hydrogen-bond acceptors (Lipinski definition) is 7. The largest absolute Gasteiger partial charge is 0.435 e. The summed E-state index contributed by atoms with van der Waals surface area (Å²) in [7, 11) is -1.18. The Morgan fingerprint density at radius 3 is 2.54 bits per heavy atom. The fraction of sp³-hybridized carbons (Fsp3) is 0.438. The van der Waals surface area contributed by atoms with Crippen molar-refractivity contribution in [2.24, 2.45) is 0 Å². The van der Waals surface area contributed by atoms with Crippen LogP contribution in [0.1, 0.15) is 5.56 Å². The average molecular weight is 383 g/mol. The van der Waals surface area contributed by atoms with E-state index in [0.717, 1.165) is 7.05 Å². The third-order valence-corrected chi connectivity index (χ3v) is 4.80. The van der Waals surface area contributed by atoms with Gasteiger partial charge in [-0.25, -0.2) is 18.1 Å². The van der Waals surface area contributed by atoms with Gasteiger partial charge in [-0.2, -0.15) is 5.26 Å². The summed E-state index contributed by atoms with van der Waals surface area (Å²) >= 11 is 0. The number of nitrogens with zero attached hydrogens (tertiary/aromatic N) is 2. The topological polar surface area (TPSA) is 126 Å². The van der Waals surface area contributed by atoms with Gasteiger partial charge in [-0.1, -0.05) is 30.3 Å². The molecule has 1 aromatic carbocycles. The molecule has 0 heterocycles. The van der Waals surface area contributed by atoms with E-state index < -0.39 is 33.7 Å². The summed E-state index contributed by atoms with van der Waals surface area (Å²) in [4.78, 5) is 24.5. The zero-order chi connectivity index (χ0) is 19.6. The van der Waals surface area contributed by atoms with Crippen molar-refractivity contribution in [1.82, 2.24) is 10.2 Å². The smallest absolute Gasteiger partial charge is 0.408 e. The Labute approximate surface area is 152 Å². The molecule has 1 N–H and O–H groups in total. The first kappa shape index (κ1) is 21.4. The highest BCUT2D eigenvalue weighted by molar-refractivity contribution is 7.90. The van der Waals surface area contributed by atoms with Crippen LogP contribution in [0.15, 0.2) is 30.3 Å². The number of ether oxygens (including phenoxy) is 2. The third-order valence-electron chi connectivity index (χ3n) is 3.22. The monoisotopic (exact) mass is 383 g/mol. The molecule has 0 radical (unpaired) electrons. The van der Waals surface area contributed by atoms with Gasteiger partial charge < -0.3 is 14.8 Å². The van der Waals surface area contributed by atoms with Crippen molar-refractivity contribution in [3.05, 3.63) is 35.9 Å². The number of amides is 2. The number of carbonyl (C=O) groups is 2. The van der Waals surface area contributed by atoms with Crippen molar-refractivity contribution >= 4 is 21.8 Å². The lowest BCUT2D eigenvalue weighted by molar-refractivity contribution is -0.134. The molecule has 1 aromatic rings. The van der Waals surface area contributed by atoms with E-state index in [-0.39, 0.29) is 18.9 Å². The number of rotatable bonds is 9. The molecule has 142 valence electrons. The molecule has 1 rings (SSSR count). The van der Waals surface area contributed by atoms with Gasteiger partial charge in [0.15, 0.2) is 22.1 Å². The number of nitrogens with one attached hydrogen (secondary N) is 1. The van der Waals surface area contributed by atoms with E-state index in [2.05, 4.69) is 5.32 Å². The highest BCUT2D eigenvalue weighted by Crippen LogP contribution is 2.10. The van der Waals surface area contributed by atoms with Gasteiger partial charge in [0.25, 0.3) is 5.91 Å².